The van der Waals surface area contributed by atoms with Crippen LogP contribution in [0.1, 0.15) is 22.7 Å². The highest BCUT2D eigenvalue weighted by atomic mass is 32.1. The predicted octanol–water partition coefficient (Wildman–Crippen LogP) is 3.29. The van der Waals surface area contributed by atoms with Gasteiger partial charge in [-0.2, -0.15) is 0 Å². The Morgan fingerprint density at radius 1 is 1.32 bits per heavy atom. The molecule has 0 aliphatic rings. The lowest BCUT2D eigenvalue weighted by Crippen LogP contribution is -2.09. The summed E-state index contributed by atoms with van der Waals surface area (Å²) in [5.41, 5.74) is 2.05. The van der Waals surface area contributed by atoms with Gasteiger partial charge in [0.15, 0.2) is 5.76 Å². The van der Waals surface area contributed by atoms with Crippen molar-refractivity contribution in [2.75, 3.05) is 0 Å². The van der Waals surface area contributed by atoms with E-state index in [9.17, 15) is 4.79 Å². The first-order valence-corrected chi connectivity index (χ1v) is 7.58. The molecule has 7 heteroatoms. The monoisotopic (exact) mass is 318 g/mol. The molecule has 3 aromatic rings. The van der Waals surface area contributed by atoms with Gasteiger partial charge in [-0.1, -0.05) is 16.4 Å². The lowest BCUT2D eigenvalue weighted by molar-refractivity contribution is -0.144. The molecule has 3 rings (SSSR count). The van der Waals surface area contributed by atoms with Crippen LogP contribution < -0.4 is 0 Å². The van der Waals surface area contributed by atoms with E-state index in [1.54, 1.807) is 31.3 Å². The summed E-state index contributed by atoms with van der Waals surface area (Å²) in [5.74, 6) is 0.956. The summed E-state index contributed by atoms with van der Waals surface area (Å²) >= 11 is 1.56. The van der Waals surface area contributed by atoms with E-state index in [0.29, 0.717) is 22.9 Å². The van der Waals surface area contributed by atoms with E-state index in [0.717, 1.165) is 10.4 Å². The molecule has 0 bridgehead atoms. The van der Waals surface area contributed by atoms with Gasteiger partial charge in [0, 0.05) is 11.6 Å². The van der Waals surface area contributed by atoms with Crippen molar-refractivity contribution in [3.05, 3.63) is 46.3 Å². The smallest absolute Gasteiger partial charge is 0.310 e. The standard InChI is InChI=1S/C15H14N2O4S/c1-9-12(10(2)20-16-9)7-15(18)19-8-11-6-13(21-17-11)14-4-3-5-22-14/h3-6H,7-8H2,1-2H3. The number of hydrogen-bond donors (Lipinski definition) is 0. The Morgan fingerprint density at radius 2 is 2.18 bits per heavy atom. The van der Waals surface area contributed by atoms with Crippen LogP contribution in [0.25, 0.3) is 10.6 Å². The molecule has 114 valence electrons. The molecule has 0 fully saturated rings. The number of rotatable bonds is 5. The van der Waals surface area contributed by atoms with Gasteiger partial charge in [-0.05, 0) is 25.3 Å². The number of aryl methyl sites for hydroxylation is 2. The average molecular weight is 318 g/mol. The zero-order chi connectivity index (χ0) is 15.5. The number of carbonyl (C=O) groups is 1. The zero-order valence-corrected chi connectivity index (χ0v) is 13.0. The van der Waals surface area contributed by atoms with Gasteiger partial charge in [0.25, 0.3) is 0 Å². The Labute approximate surface area is 130 Å². The maximum Gasteiger partial charge on any atom is 0.310 e. The fourth-order valence-corrected chi connectivity index (χ4v) is 2.69. The molecule has 0 saturated heterocycles. The summed E-state index contributed by atoms with van der Waals surface area (Å²) in [4.78, 5) is 12.9. The van der Waals surface area contributed by atoms with Crippen molar-refractivity contribution in [1.82, 2.24) is 10.3 Å². The number of thiophene rings is 1. The van der Waals surface area contributed by atoms with Gasteiger partial charge in [0.1, 0.15) is 18.1 Å². The molecule has 0 aliphatic carbocycles. The van der Waals surface area contributed by atoms with Crippen LogP contribution in [0.5, 0.6) is 0 Å². The van der Waals surface area contributed by atoms with E-state index in [1.807, 2.05) is 17.5 Å². The Balaban J connectivity index is 1.57. The second-order valence-electron chi connectivity index (χ2n) is 4.80. The van der Waals surface area contributed by atoms with Gasteiger partial charge in [-0.15, -0.1) is 11.3 Å². The minimum absolute atomic E-state index is 0.0804. The molecule has 0 N–H and O–H groups in total. The third-order valence-electron chi connectivity index (χ3n) is 3.21. The summed E-state index contributed by atoms with van der Waals surface area (Å²) in [6.07, 6.45) is 0.136. The highest BCUT2D eigenvalue weighted by molar-refractivity contribution is 7.13. The molecule has 0 atom stereocenters. The van der Waals surface area contributed by atoms with Gasteiger partial charge in [0.2, 0.25) is 0 Å². The van der Waals surface area contributed by atoms with Crippen molar-refractivity contribution in [3.63, 3.8) is 0 Å². The summed E-state index contributed by atoms with van der Waals surface area (Å²) in [5, 5.41) is 9.67. The first-order valence-electron chi connectivity index (χ1n) is 6.70. The Kier molecular flexibility index (Phi) is 4.06. The Hall–Kier alpha value is -2.41. The molecule has 0 radical (unpaired) electrons. The van der Waals surface area contributed by atoms with Crippen LogP contribution >= 0.6 is 11.3 Å². The van der Waals surface area contributed by atoms with Crippen molar-refractivity contribution >= 4 is 17.3 Å². The third-order valence-corrected chi connectivity index (χ3v) is 4.09. The Bertz CT molecular complexity index is 754. The van der Waals surface area contributed by atoms with Crippen molar-refractivity contribution in [2.24, 2.45) is 0 Å². The van der Waals surface area contributed by atoms with E-state index in [2.05, 4.69) is 10.3 Å². The van der Waals surface area contributed by atoms with E-state index in [4.69, 9.17) is 13.8 Å². The lowest BCUT2D eigenvalue weighted by Gasteiger charge is -2.01. The van der Waals surface area contributed by atoms with Crippen molar-refractivity contribution in [1.29, 1.82) is 0 Å². The second-order valence-corrected chi connectivity index (χ2v) is 5.75. The van der Waals surface area contributed by atoms with E-state index in [1.165, 1.54) is 0 Å². The van der Waals surface area contributed by atoms with Crippen LogP contribution in [0.2, 0.25) is 0 Å². The van der Waals surface area contributed by atoms with E-state index in [-0.39, 0.29) is 19.0 Å². The number of esters is 1. The van der Waals surface area contributed by atoms with E-state index < -0.39 is 0 Å². The van der Waals surface area contributed by atoms with Gasteiger partial charge in [0.05, 0.1) is 17.0 Å². The number of ether oxygens (including phenoxy) is 1. The second kappa shape index (κ2) is 6.15. The maximum atomic E-state index is 11.9. The topological polar surface area (TPSA) is 78.4 Å². The minimum atomic E-state index is -0.352. The SMILES string of the molecule is Cc1noc(C)c1CC(=O)OCc1cc(-c2cccs2)on1. The fourth-order valence-electron chi connectivity index (χ4n) is 2.02. The molecule has 0 unspecified atom stereocenters. The van der Waals surface area contributed by atoms with Gasteiger partial charge in [-0.25, -0.2) is 0 Å². The first kappa shape index (κ1) is 14.5. The summed E-state index contributed by atoms with van der Waals surface area (Å²) < 4.78 is 15.5. The largest absolute Gasteiger partial charge is 0.459 e. The normalized spacial score (nSPS) is 10.8. The minimum Gasteiger partial charge on any atom is -0.459 e. The van der Waals surface area contributed by atoms with Crippen molar-refractivity contribution in [3.8, 4) is 10.6 Å². The van der Waals surface area contributed by atoms with Gasteiger partial charge >= 0.3 is 5.97 Å². The molecule has 0 saturated carbocycles. The van der Waals surface area contributed by atoms with Crippen LogP contribution in [-0.2, 0) is 22.6 Å². The molecule has 22 heavy (non-hydrogen) atoms. The quantitative estimate of drug-likeness (QED) is 0.672. The molecule has 3 aromatic heterocycles. The molecule has 6 nitrogen and oxygen atoms in total. The fraction of sp³-hybridized carbons (Fsp3) is 0.267. The Morgan fingerprint density at radius 3 is 2.86 bits per heavy atom. The van der Waals surface area contributed by atoms with Crippen molar-refractivity contribution in [2.45, 2.75) is 26.9 Å². The molecule has 0 amide bonds. The van der Waals surface area contributed by atoms with Crippen molar-refractivity contribution < 1.29 is 18.6 Å². The molecule has 0 aromatic carbocycles. The number of aromatic nitrogens is 2. The summed E-state index contributed by atoms with van der Waals surface area (Å²) in [6, 6.07) is 5.65. The van der Waals surface area contributed by atoms with Crippen LogP contribution in [0.4, 0.5) is 0 Å². The first-order chi connectivity index (χ1) is 10.6. The third kappa shape index (κ3) is 3.09. The van der Waals surface area contributed by atoms with Gasteiger partial charge < -0.3 is 13.8 Å². The predicted molar refractivity (Wildman–Crippen MR) is 79.3 cm³/mol. The lowest BCUT2D eigenvalue weighted by atomic mass is 10.1. The van der Waals surface area contributed by atoms with Crippen LogP contribution in [0.15, 0.2) is 32.6 Å². The molecule has 0 spiro atoms. The van der Waals surface area contributed by atoms with E-state index >= 15 is 0 Å². The average Bonchev–Trinajstić information content (AvgIpc) is 3.22. The molecule has 3 heterocycles. The zero-order valence-electron chi connectivity index (χ0n) is 12.2. The number of nitrogens with zero attached hydrogens (tertiary/aromatic N) is 2. The number of hydrogen-bond acceptors (Lipinski definition) is 7. The number of carbonyl (C=O) groups excluding carboxylic acids is 1. The van der Waals surface area contributed by atoms with Gasteiger partial charge in [-0.3, -0.25) is 4.79 Å². The molecule has 0 aliphatic heterocycles. The summed E-state index contributed by atoms with van der Waals surface area (Å²) in [7, 11) is 0. The van der Waals surface area contributed by atoms with Crippen LogP contribution in [0.3, 0.4) is 0 Å². The maximum absolute atomic E-state index is 11.9. The van der Waals surface area contributed by atoms with Crippen LogP contribution in [0, 0.1) is 13.8 Å². The highest BCUT2D eigenvalue weighted by Crippen LogP contribution is 2.25. The van der Waals surface area contributed by atoms with Crippen LogP contribution in [-0.4, -0.2) is 16.3 Å². The summed E-state index contributed by atoms with van der Waals surface area (Å²) in [6.45, 7) is 3.65. The highest BCUT2D eigenvalue weighted by Gasteiger charge is 2.15. The molecular weight excluding hydrogens is 304 g/mol. The molecular formula is C15H14N2O4S.